The Bertz CT molecular complexity index is 524. The quantitative estimate of drug-likeness (QED) is 0.916. The fourth-order valence-corrected chi connectivity index (χ4v) is 2.75. The van der Waals surface area contributed by atoms with E-state index in [0.717, 1.165) is 31.6 Å². The molecule has 2 aliphatic heterocycles. The highest BCUT2D eigenvalue weighted by Gasteiger charge is 2.27. The van der Waals surface area contributed by atoms with Gasteiger partial charge in [0.05, 0.1) is 17.5 Å². The third-order valence-electron chi connectivity index (χ3n) is 3.78. The second kappa shape index (κ2) is 5.63. The van der Waals surface area contributed by atoms with Crippen molar-refractivity contribution in [3.63, 3.8) is 0 Å². The van der Waals surface area contributed by atoms with E-state index in [9.17, 15) is 9.59 Å². The van der Waals surface area contributed by atoms with Crippen molar-refractivity contribution in [3.8, 4) is 0 Å². The van der Waals surface area contributed by atoms with Crippen LogP contribution in [0.15, 0.2) is 24.3 Å². The first kappa shape index (κ1) is 13.1. The Hall–Kier alpha value is -1.88. The van der Waals surface area contributed by atoms with E-state index in [-0.39, 0.29) is 24.5 Å². The molecule has 3 rings (SSSR count). The third kappa shape index (κ3) is 2.67. The fourth-order valence-electron chi connectivity index (χ4n) is 2.75. The molecule has 0 radical (unpaired) electrons. The van der Waals surface area contributed by atoms with Crippen molar-refractivity contribution >= 4 is 23.2 Å². The van der Waals surface area contributed by atoms with Crippen LogP contribution >= 0.6 is 0 Å². The summed E-state index contributed by atoms with van der Waals surface area (Å²) in [7, 11) is 0. The van der Waals surface area contributed by atoms with Gasteiger partial charge in [0, 0.05) is 13.0 Å². The van der Waals surface area contributed by atoms with E-state index in [1.54, 1.807) is 4.90 Å². The van der Waals surface area contributed by atoms with Crippen molar-refractivity contribution in [3.05, 3.63) is 24.3 Å². The molecule has 1 fully saturated rings. The van der Waals surface area contributed by atoms with E-state index in [1.807, 2.05) is 24.3 Å². The van der Waals surface area contributed by atoms with Crippen LogP contribution in [0.1, 0.15) is 25.7 Å². The summed E-state index contributed by atoms with van der Waals surface area (Å²) in [6.07, 6.45) is 3.47. The number of fused-ring (bicyclic) bond motifs is 1. The Kier molecular flexibility index (Phi) is 3.69. The standard InChI is InChI=1S/C15H18N2O3/c18-14-10-17(13-6-2-1-5-12(13)16-14)15(19)8-7-11-4-3-9-20-11/h1-2,5-6,11H,3-4,7-10H2,(H,16,18). The minimum Gasteiger partial charge on any atom is -0.378 e. The van der Waals surface area contributed by atoms with Gasteiger partial charge >= 0.3 is 0 Å². The summed E-state index contributed by atoms with van der Waals surface area (Å²) in [5, 5.41) is 2.78. The van der Waals surface area contributed by atoms with Gasteiger partial charge < -0.3 is 15.0 Å². The zero-order valence-corrected chi connectivity index (χ0v) is 11.3. The van der Waals surface area contributed by atoms with E-state index in [1.165, 1.54) is 0 Å². The van der Waals surface area contributed by atoms with Gasteiger partial charge in [-0.1, -0.05) is 12.1 Å². The second-order valence-electron chi connectivity index (χ2n) is 5.22. The van der Waals surface area contributed by atoms with E-state index >= 15 is 0 Å². The minimum atomic E-state index is -0.144. The molecule has 5 nitrogen and oxygen atoms in total. The van der Waals surface area contributed by atoms with Crippen molar-refractivity contribution < 1.29 is 14.3 Å². The van der Waals surface area contributed by atoms with Crippen LogP contribution in [0.4, 0.5) is 11.4 Å². The predicted octanol–water partition coefficient (Wildman–Crippen LogP) is 1.93. The molecule has 0 saturated carbocycles. The highest BCUT2D eigenvalue weighted by atomic mass is 16.5. The number of benzene rings is 1. The van der Waals surface area contributed by atoms with Crippen LogP contribution in [0, 0.1) is 0 Å². The Balaban J connectivity index is 1.69. The lowest BCUT2D eigenvalue weighted by molar-refractivity contribution is -0.122. The molecule has 1 aromatic rings. The molecule has 5 heteroatoms. The van der Waals surface area contributed by atoms with Gasteiger partial charge in [0.15, 0.2) is 0 Å². The first-order valence-corrected chi connectivity index (χ1v) is 7.05. The molecule has 1 saturated heterocycles. The van der Waals surface area contributed by atoms with Crippen molar-refractivity contribution in [2.24, 2.45) is 0 Å². The third-order valence-corrected chi connectivity index (χ3v) is 3.78. The average Bonchev–Trinajstić information content (AvgIpc) is 2.97. The van der Waals surface area contributed by atoms with Gasteiger partial charge in [-0.3, -0.25) is 9.59 Å². The summed E-state index contributed by atoms with van der Waals surface area (Å²) in [4.78, 5) is 25.6. The van der Waals surface area contributed by atoms with Crippen LogP contribution in [-0.4, -0.2) is 31.1 Å². The maximum atomic E-state index is 12.4. The van der Waals surface area contributed by atoms with Crippen LogP contribution in [0.5, 0.6) is 0 Å². The molecule has 1 aromatic carbocycles. The number of hydrogen-bond acceptors (Lipinski definition) is 3. The maximum absolute atomic E-state index is 12.4. The highest BCUT2D eigenvalue weighted by molar-refractivity contribution is 6.09. The number of anilines is 2. The number of para-hydroxylation sites is 2. The van der Waals surface area contributed by atoms with Crippen molar-refractivity contribution in [2.45, 2.75) is 31.8 Å². The van der Waals surface area contributed by atoms with Crippen LogP contribution < -0.4 is 10.2 Å². The normalized spacial score (nSPS) is 21.5. The second-order valence-corrected chi connectivity index (χ2v) is 5.22. The summed E-state index contributed by atoms with van der Waals surface area (Å²) < 4.78 is 5.53. The number of rotatable bonds is 3. The Morgan fingerprint density at radius 1 is 1.40 bits per heavy atom. The number of carbonyl (C=O) groups is 2. The average molecular weight is 274 g/mol. The van der Waals surface area contributed by atoms with Gasteiger partial charge in [-0.05, 0) is 31.4 Å². The molecule has 106 valence electrons. The molecule has 2 heterocycles. The lowest BCUT2D eigenvalue weighted by Crippen LogP contribution is -2.42. The van der Waals surface area contributed by atoms with Crippen molar-refractivity contribution in [1.82, 2.24) is 0 Å². The van der Waals surface area contributed by atoms with E-state index in [4.69, 9.17) is 4.74 Å². The van der Waals surface area contributed by atoms with E-state index in [2.05, 4.69) is 5.32 Å². The van der Waals surface area contributed by atoms with Gasteiger partial charge in [-0.15, -0.1) is 0 Å². The minimum absolute atomic E-state index is 0.0113. The summed E-state index contributed by atoms with van der Waals surface area (Å²) in [5.41, 5.74) is 1.48. The van der Waals surface area contributed by atoms with E-state index in [0.29, 0.717) is 12.1 Å². The maximum Gasteiger partial charge on any atom is 0.244 e. The molecule has 0 aliphatic carbocycles. The number of hydrogen-bond donors (Lipinski definition) is 1. The molecule has 1 N–H and O–H groups in total. The number of nitrogens with one attached hydrogen (secondary N) is 1. The number of nitrogens with zero attached hydrogens (tertiary/aromatic N) is 1. The Morgan fingerprint density at radius 3 is 3.05 bits per heavy atom. The molecule has 2 aliphatic rings. The summed E-state index contributed by atoms with van der Waals surface area (Å²) in [6.45, 7) is 0.898. The number of carbonyl (C=O) groups excluding carboxylic acids is 2. The number of ether oxygens (including phenoxy) is 1. The molecule has 0 aromatic heterocycles. The summed E-state index contributed by atoms with van der Waals surface area (Å²) in [5.74, 6) is -0.156. The fraction of sp³-hybridized carbons (Fsp3) is 0.467. The molecule has 0 spiro atoms. The topological polar surface area (TPSA) is 58.6 Å². The monoisotopic (exact) mass is 274 g/mol. The SMILES string of the molecule is O=C1CN(C(=O)CCC2CCCO2)c2ccccc2N1. The van der Waals surface area contributed by atoms with Crippen molar-refractivity contribution in [1.29, 1.82) is 0 Å². The first-order chi connectivity index (χ1) is 9.74. The summed E-state index contributed by atoms with van der Waals surface area (Å²) in [6, 6.07) is 7.39. The molecular weight excluding hydrogens is 256 g/mol. The first-order valence-electron chi connectivity index (χ1n) is 7.05. The zero-order chi connectivity index (χ0) is 13.9. The molecule has 1 unspecified atom stereocenters. The molecule has 20 heavy (non-hydrogen) atoms. The smallest absolute Gasteiger partial charge is 0.244 e. The molecular formula is C15H18N2O3. The van der Waals surface area contributed by atoms with Crippen LogP contribution in [0.3, 0.4) is 0 Å². The number of amides is 2. The predicted molar refractivity (Wildman–Crippen MR) is 75.6 cm³/mol. The van der Waals surface area contributed by atoms with Gasteiger partial charge in [0.25, 0.3) is 0 Å². The highest BCUT2D eigenvalue weighted by Crippen LogP contribution is 2.29. The van der Waals surface area contributed by atoms with Crippen LogP contribution in [-0.2, 0) is 14.3 Å². The Morgan fingerprint density at radius 2 is 2.25 bits per heavy atom. The molecule has 1 atom stereocenters. The molecule has 2 amide bonds. The van der Waals surface area contributed by atoms with E-state index < -0.39 is 0 Å². The van der Waals surface area contributed by atoms with Gasteiger partial charge in [-0.2, -0.15) is 0 Å². The zero-order valence-electron chi connectivity index (χ0n) is 11.3. The van der Waals surface area contributed by atoms with Gasteiger partial charge in [0.1, 0.15) is 6.54 Å². The molecule has 0 bridgehead atoms. The van der Waals surface area contributed by atoms with Crippen molar-refractivity contribution in [2.75, 3.05) is 23.4 Å². The van der Waals surface area contributed by atoms with Gasteiger partial charge in [0.2, 0.25) is 11.8 Å². The van der Waals surface area contributed by atoms with Crippen LogP contribution in [0.25, 0.3) is 0 Å². The van der Waals surface area contributed by atoms with Gasteiger partial charge in [-0.25, -0.2) is 0 Å². The Labute approximate surface area is 117 Å². The summed E-state index contributed by atoms with van der Waals surface area (Å²) >= 11 is 0. The van der Waals surface area contributed by atoms with Crippen LogP contribution in [0.2, 0.25) is 0 Å². The lowest BCUT2D eigenvalue weighted by atomic mass is 10.1. The lowest BCUT2D eigenvalue weighted by Gasteiger charge is -2.29. The largest absolute Gasteiger partial charge is 0.378 e.